The van der Waals surface area contributed by atoms with Crippen LogP contribution in [-0.2, 0) is 4.74 Å². The maximum absolute atomic E-state index is 17.2. The number of fused-ring (bicyclic) bond motifs is 1. The summed E-state index contributed by atoms with van der Waals surface area (Å²) in [5.74, 6) is -0.852. The topological polar surface area (TPSA) is 130 Å². The second-order valence-electron chi connectivity index (χ2n) is 12.4. The van der Waals surface area contributed by atoms with Gasteiger partial charge in [0.2, 0.25) is 0 Å². The molecule has 3 atom stereocenters. The molecule has 2 aromatic carbocycles. The molecule has 0 aliphatic carbocycles. The summed E-state index contributed by atoms with van der Waals surface area (Å²) in [7, 11) is 3.39. The summed E-state index contributed by atoms with van der Waals surface area (Å²) in [5.41, 5.74) is 6.13. The number of thiophene rings is 1. The molecule has 3 aliphatic heterocycles. The third-order valence-corrected chi connectivity index (χ3v) is 11.1. The molecule has 5 heterocycles. The van der Waals surface area contributed by atoms with Gasteiger partial charge in [-0.05, 0) is 57.8 Å². The molecule has 48 heavy (non-hydrogen) atoms. The molecule has 2 aromatic heterocycles. The minimum absolute atomic E-state index is 0.0160. The number of hydrogen-bond acceptors (Lipinski definition) is 11. The summed E-state index contributed by atoms with van der Waals surface area (Å²) in [5, 5.41) is 10.4. The molecule has 7 rings (SSSR count). The van der Waals surface area contributed by atoms with Crippen LogP contribution in [0.4, 0.5) is 24.4 Å². The van der Waals surface area contributed by atoms with Crippen LogP contribution in [0.25, 0.3) is 32.1 Å². The number of likely N-dealkylation sites (N-methyl/N-ethyl adjacent to an activating group) is 1. The molecule has 11 nitrogen and oxygen atoms in total. The van der Waals surface area contributed by atoms with E-state index in [1.165, 1.54) is 19.2 Å². The van der Waals surface area contributed by atoms with Crippen LogP contribution in [0.2, 0.25) is 5.02 Å². The summed E-state index contributed by atoms with van der Waals surface area (Å²) >= 11 is 7.95. The van der Waals surface area contributed by atoms with Gasteiger partial charge in [-0.1, -0.05) is 17.7 Å². The minimum Gasteiger partial charge on any atom is -0.489 e. The number of likely N-dealkylation sites (tertiary alicyclic amines) is 2. The SMILES string of the molecule is COC(=O)N1CCCC(N2CCOc3c(Cl)c(-c4ccc(F)c5sc(N)c(C#N)c45)c(F)c4nc(O[C@@H](C)[C@@H]5CCCN5C)nc2c34)C1. The number of nitrogens with two attached hydrogens (primary N) is 1. The van der Waals surface area contributed by atoms with Crippen molar-refractivity contribution in [2.75, 3.05) is 57.6 Å². The van der Waals surface area contributed by atoms with E-state index in [2.05, 4.69) is 9.88 Å². The molecule has 0 bridgehead atoms. The summed E-state index contributed by atoms with van der Waals surface area (Å²) in [6.45, 7) is 4.33. The number of anilines is 2. The Morgan fingerprint density at radius 3 is 2.73 bits per heavy atom. The number of benzene rings is 2. The van der Waals surface area contributed by atoms with Crippen molar-refractivity contribution in [2.24, 2.45) is 0 Å². The van der Waals surface area contributed by atoms with Crippen LogP contribution < -0.4 is 20.1 Å². The van der Waals surface area contributed by atoms with Crippen molar-refractivity contribution in [3.8, 4) is 29.0 Å². The molecular formula is C33H34ClF2N7O4S. The maximum atomic E-state index is 17.2. The average Bonchev–Trinajstić information content (AvgIpc) is 3.61. The van der Waals surface area contributed by atoms with Gasteiger partial charge < -0.3 is 29.7 Å². The van der Waals surface area contributed by atoms with E-state index in [0.717, 1.165) is 43.6 Å². The van der Waals surface area contributed by atoms with Crippen LogP contribution in [0, 0.1) is 23.0 Å². The fourth-order valence-electron chi connectivity index (χ4n) is 7.36. The van der Waals surface area contributed by atoms with Gasteiger partial charge in [0, 0.05) is 36.1 Å². The zero-order valence-corrected chi connectivity index (χ0v) is 28.3. The standard InChI is InChI=1S/C33H34ClF2N7O4S/c1-16(21-7-5-10-41(21)2)47-32-39-27-24-28(46-13-12-43(31(24)40-32)17-6-4-11-42(15-17)33(44)45-3)25(34)23(26(27)36)18-8-9-20(35)29-22(18)19(14-37)30(38)48-29/h8-9,16-17,21H,4-7,10-13,15,38H2,1-3H3/t16-,17?,21-/m0/s1. The van der Waals surface area contributed by atoms with Crippen LogP contribution >= 0.6 is 22.9 Å². The van der Waals surface area contributed by atoms with Crippen LogP contribution in [-0.4, -0.2) is 91.0 Å². The highest BCUT2D eigenvalue weighted by atomic mass is 35.5. The molecule has 1 amide bonds. The number of aromatic nitrogens is 2. The molecule has 252 valence electrons. The van der Waals surface area contributed by atoms with Crippen LogP contribution in [0.5, 0.6) is 11.8 Å². The number of methoxy groups -OCH3 is 1. The van der Waals surface area contributed by atoms with Gasteiger partial charge in [0.05, 0.1) is 34.3 Å². The Bertz CT molecular complexity index is 1990. The lowest BCUT2D eigenvalue weighted by atomic mass is 9.96. The number of hydrogen-bond donors (Lipinski definition) is 1. The van der Waals surface area contributed by atoms with Crippen molar-refractivity contribution >= 4 is 60.8 Å². The third kappa shape index (κ3) is 5.28. The van der Waals surface area contributed by atoms with Gasteiger partial charge in [-0.25, -0.2) is 13.6 Å². The average molecular weight is 698 g/mol. The quantitative estimate of drug-likeness (QED) is 0.258. The van der Waals surface area contributed by atoms with E-state index in [4.69, 9.17) is 36.5 Å². The van der Waals surface area contributed by atoms with Gasteiger partial charge in [0.1, 0.15) is 40.9 Å². The lowest BCUT2D eigenvalue weighted by molar-refractivity contribution is 0.109. The number of nitriles is 1. The molecule has 2 N–H and O–H groups in total. The van der Waals surface area contributed by atoms with Crippen molar-refractivity contribution in [2.45, 2.75) is 50.8 Å². The number of carbonyl (C=O) groups is 1. The van der Waals surface area contributed by atoms with Crippen molar-refractivity contribution in [1.82, 2.24) is 19.8 Å². The highest BCUT2D eigenvalue weighted by Gasteiger charge is 2.37. The van der Waals surface area contributed by atoms with E-state index in [1.54, 1.807) is 4.90 Å². The lowest BCUT2D eigenvalue weighted by Gasteiger charge is -2.39. The van der Waals surface area contributed by atoms with Gasteiger partial charge in [0.25, 0.3) is 0 Å². The number of carbonyl (C=O) groups excluding carboxylic acids is 1. The Kier molecular flexibility index (Phi) is 8.55. The predicted octanol–water partition coefficient (Wildman–Crippen LogP) is 6.19. The molecule has 1 unspecified atom stereocenters. The van der Waals surface area contributed by atoms with Crippen LogP contribution in [0.1, 0.15) is 38.2 Å². The number of rotatable bonds is 5. The van der Waals surface area contributed by atoms with Gasteiger partial charge >= 0.3 is 12.1 Å². The normalized spacial score (nSPS) is 20.4. The first-order valence-corrected chi connectivity index (χ1v) is 17.0. The molecule has 0 radical (unpaired) electrons. The third-order valence-electron chi connectivity index (χ3n) is 9.67. The highest BCUT2D eigenvalue weighted by molar-refractivity contribution is 7.23. The number of ether oxygens (including phenoxy) is 3. The number of halogens is 3. The Labute approximate surface area is 284 Å². The van der Waals surface area contributed by atoms with E-state index in [-0.39, 0.29) is 84.3 Å². The number of piperidine rings is 1. The second kappa shape index (κ2) is 12.7. The molecule has 3 aliphatic rings. The minimum atomic E-state index is -0.801. The van der Waals surface area contributed by atoms with E-state index in [1.807, 2.05) is 24.9 Å². The monoisotopic (exact) mass is 697 g/mol. The van der Waals surface area contributed by atoms with Gasteiger partial charge in [-0.3, -0.25) is 4.90 Å². The number of amides is 1. The molecule has 2 fully saturated rings. The van der Waals surface area contributed by atoms with Gasteiger partial charge in [-0.2, -0.15) is 15.2 Å². The Hall–Kier alpha value is -4.19. The summed E-state index contributed by atoms with van der Waals surface area (Å²) in [6.07, 6.45) is 2.71. The first-order chi connectivity index (χ1) is 23.1. The van der Waals surface area contributed by atoms with Crippen molar-refractivity contribution in [1.29, 1.82) is 5.26 Å². The van der Waals surface area contributed by atoms with E-state index >= 15 is 4.39 Å². The number of nitrogens with zero attached hydrogens (tertiary/aromatic N) is 6. The summed E-state index contributed by atoms with van der Waals surface area (Å²) in [4.78, 5) is 27.9. The van der Waals surface area contributed by atoms with Gasteiger partial charge in [0.15, 0.2) is 11.6 Å². The number of nitrogen functional groups attached to an aromatic ring is 1. The summed E-state index contributed by atoms with van der Waals surface area (Å²) in [6, 6.07) is 4.54. The maximum Gasteiger partial charge on any atom is 0.409 e. The highest BCUT2D eigenvalue weighted by Crippen LogP contribution is 2.51. The molecule has 15 heteroatoms. The first-order valence-electron chi connectivity index (χ1n) is 15.9. The van der Waals surface area contributed by atoms with Crippen molar-refractivity contribution in [3.63, 3.8) is 0 Å². The fourth-order valence-corrected chi connectivity index (χ4v) is 8.64. The molecular weight excluding hydrogens is 664 g/mol. The lowest BCUT2D eigenvalue weighted by Crippen LogP contribution is -2.51. The van der Waals surface area contributed by atoms with Crippen LogP contribution in [0.15, 0.2) is 12.1 Å². The second-order valence-corrected chi connectivity index (χ2v) is 13.8. The summed E-state index contributed by atoms with van der Waals surface area (Å²) < 4.78 is 50.0. The molecule has 4 aromatic rings. The zero-order chi connectivity index (χ0) is 33.9. The predicted molar refractivity (Wildman–Crippen MR) is 180 cm³/mol. The van der Waals surface area contributed by atoms with Crippen molar-refractivity contribution < 1.29 is 27.8 Å². The Morgan fingerprint density at radius 2 is 2.00 bits per heavy atom. The molecule has 2 saturated heterocycles. The molecule has 0 saturated carbocycles. The van der Waals surface area contributed by atoms with Crippen molar-refractivity contribution in [3.05, 3.63) is 34.4 Å². The zero-order valence-electron chi connectivity index (χ0n) is 26.7. The van der Waals surface area contributed by atoms with E-state index < -0.39 is 17.7 Å². The fraction of sp³-hybridized carbons (Fsp3) is 0.455. The van der Waals surface area contributed by atoms with Crippen LogP contribution in [0.3, 0.4) is 0 Å². The molecule has 0 spiro atoms. The Balaban J connectivity index is 1.45. The van der Waals surface area contributed by atoms with E-state index in [0.29, 0.717) is 25.5 Å². The smallest absolute Gasteiger partial charge is 0.409 e. The van der Waals surface area contributed by atoms with Gasteiger partial charge in [-0.15, -0.1) is 11.3 Å². The van der Waals surface area contributed by atoms with E-state index in [9.17, 15) is 14.4 Å². The largest absolute Gasteiger partial charge is 0.489 e. The Morgan fingerprint density at radius 1 is 1.21 bits per heavy atom. The first kappa shape index (κ1) is 32.4.